The topological polar surface area (TPSA) is 97.9 Å². The van der Waals surface area contributed by atoms with Gasteiger partial charge in [0.2, 0.25) is 5.91 Å². The minimum absolute atomic E-state index is 0.0949. The van der Waals surface area contributed by atoms with Gasteiger partial charge in [0.1, 0.15) is 0 Å². The number of imide groups is 1. The highest BCUT2D eigenvalue weighted by molar-refractivity contribution is 5.96. The van der Waals surface area contributed by atoms with Gasteiger partial charge < -0.3 is 24.8 Å². The molecule has 1 heterocycles. The number of benzene rings is 1. The summed E-state index contributed by atoms with van der Waals surface area (Å²) < 4.78 is 39.0. The van der Waals surface area contributed by atoms with E-state index in [-0.39, 0.29) is 24.6 Å². The van der Waals surface area contributed by atoms with E-state index in [0.29, 0.717) is 12.3 Å². The van der Waals surface area contributed by atoms with E-state index in [9.17, 15) is 18.4 Å². The second-order valence-corrected chi connectivity index (χ2v) is 4.48. The Labute approximate surface area is 130 Å². The lowest BCUT2D eigenvalue weighted by atomic mass is 10.3. The van der Waals surface area contributed by atoms with Crippen LogP contribution in [0.15, 0.2) is 18.2 Å². The highest BCUT2D eigenvalue weighted by Crippen LogP contribution is 2.42. The molecular weight excluding hydrogens is 316 g/mol. The first-order valence-corrected chi connectivity index (χ1v) is 6.60. The van der Waals surface area contributed by atoms with Crippen molar-refractivity contribution in [2.24, 2.45) is 0 Å². The molecule has 0 atom stereocenters. The van der Waals surface area contributed by atoms with Gasteiger partial charge in [-0.05, 0) is 12.1 Å². The summed E-state index contributed by atoms with van der Waals surface area (Å²) >= 11 is 0. The minimum Gasteiger partial charge on any atom is -0.395 e. The number of fused-ring (bicyclic) bond motifs is 1. The molecule has 1 aliphatic rings. The van der Waals surface area contributed by atoms with Crippen LogP contribution < -0.4 is 25.4 Å². The lowest BCUT2D eigenvalue weighted by molar-refractivity contribution is -0.286. The zero-order valence-corrected chi connectivity index (χ0v) is 12.2. The number of alkyl halides is 2. The number of carbonyl (C=O) groups excluding carboxylic acids is 2. The molecule has 0 saturated heterocycles. The molecule has 0 saturated carbocycles. The quantitative estimate of drug-likeness (QED) is 0.670. The standard InChI is InChI=1S/C13H15F2N3O5/c1-21-5-4-16-12(20)18-11(19)7-17-8-2-3-9-10(6-8)23-13(14,15)22-9/h2-3,6,17H,4-5,7H2,1H3,(H2,16,18,19,20). The van der Waals surface area contributed by atoms with Crippen molar-refractivity contribution in [1.29, 1.82) is 0 Å². The molecule has 2 rings (SSSR count). The summed E-state index contributed by atoms with van der Waals surface area (Å²) in [4.78, 5) is 22.9. The maximum atomic E-state index is 12.9. The van der Waals surface area contributed by atoms with Gasteiger partial charge in [0.05, 0.1) is 13.2 Å². The number of halogens is 2. The average Bonchev–Trinajstić information content (AvgIpc) is 2.78. The highest BCUT2D eigenvalue weighted by atomic mass is 19.3. The van der Waals surface area contributed by atoms with Crippen LogP contribution in [0.3, 0.4) is 0 Å². The van der Waals surface area contributed by atoms with Crippen molar-refractivity contribution in [2.45, 2.75) is 6.29 Å². The summed E-state index contributed by atoms with van der Waals surface area (Å²) in [6.07, 6.45) is -3.70. The van der Waals surface area contributed by atoms with Crippen molar-refractivity contribution in [3.8, 4) is 11.5 Å². The van der Waals surface area contributed by atoms with Gasteiger partial charge in [-0.1, -0.05) is 0 Å². The summed E-state index contributed by atoms with van der Waals surface area (Å²) in [6.45, 7) is 0.356. The fourth-order valence-corrected chi connectivity index (χ4v) is 1.72. The van der Waals surface area contributed by atoms with Crippen molar-refractivity contribution in [2.75, 3.05) is 32.1 Å². The second-order valence-electron chi connectivity index (χ2n) is 4.48. The summed E-state index contributed by atoms with van der Waals surface area (Å²) in [7, 11) is 1.48. The fourth-order valence-electron chi connectivity index (χ4n) is 1.72. The molecule has 10 heteroatoms. The fraction of sp³-hybridized carbons (Fsp3) is 0.385. The lowest BCUT2D eigenvalue weighted by Gasteiger charge is -2.08. The Morgan fingerprint density at radius 1 is 1.26 bits per heavy atom. The zero-order chi connectivity index (χ0) is 16.9. The molecule has 0 radical (unpaired) electrons. The molecule has 8 nitrogen and oxygen atoms in total. The van der Waals surface area contributed by atoms with Gasteiger partial charge in [0.25, 0.3) is 0 Å². The van der Waals surface area contributed by atoms with Crippen molar-refractivity contribution >= 4 is 17.6 Å². The van der Waals surface area contributed by atoms with Crippen molar-refractivity contribution < 1.29 is 32.6 Å². The molecule has 0 spiro atoms. The van der Waals surface area contributed by atoms with Crippen LogP contribution >= 0.6 is 0 Å². The van der Waals surface area contributed by atoms with Crippen molar-refractivity contribution in [3.05, 3.63) is 18.2 Å². The third-order valence-electron chi connectivity index (χ3n) is 2.70. The largest absolute Gasteiger partial charge is 0.586 e. The van der Waals surface area contributed by atoms with E-state index < -0.39 is 18.2 Å². The summed E-state index contributed by atoms with van der Waals surface area (Å²) in [6, 6.07) is 3.34. The molecule has 0 aliphatic carbocycles. The van der Waals surface area contributed by atoms with E-state index in [0.717, 1.165) is 0 Å². The maximum absolute atomic E-state index is 12.9. The Balaban J connectivity index is 1.78. The van der Waals surface area contributed by atoms with E-state index >= 15 is 0 Å². The molecular formula is C13H15F2N3O5. The van der Waals surface area contributed by atoms with Gasteiger partial charge in [-0.2, -0.15) is 0 Å². The van der Waals surface area contributed by atoms with Crippen LogP contribution in [0.2, 0.25) is 0 Å². The number of methoxy groups -OCH3 is 1. The molecule has 126 valence electrons. The molecule has 0 unspecified atom stereocenters. The molecule has 3 amide bonds. The van der Waals surface area contributed by atoms with Crippen LogP contribution in [-0.4, -0.2) is 45.0 Å². The van der Waals surface area contributed by atoms with E-state index in [1.807, 2.05) is 0 Å². The minimum atomic E-state index is -3.70. The van der Waals surface area contributed by atoms with Crippen LogP contribution in [0.5, 0.6) is 11.5 Å². The normalized spacial score (nSPS) is 14.2. The Morgan fingerprint density at radius 2 is 2.00 bits per heavy atom. The Kier molecular flexibility index (Phi) is 5.16. The van der Waals surface area contributed by atoms with Crippen LogP contribution in [0.1, 0.15) is 0 Å². The first kappa shape index (κ1) is 16.7. The van der Waals surface area contributed by atoms with Gasteiger partial charge in [-0.25, -0.2) is 4.79 Å². The van der Waals surface area contributed by atoms with Crippen molar-refractivity contribution in [1.82, 2.24) is 10.6 Å². The molecule has 3 N–H and O–H groups in total. The molecule has 0 bridgehead atoms. The molecule has 1 aromatic carbocycles. The summed E-state index contributed by atoms with van der Waals surface area (Å²) in [5, 5.41) is 7.18. The van der Waals surface area contributed by atoms with Crippen molar-refractivity contribution in [3.63, 3.8) is 0 Å². The molecule has 0 fully saturated rings. The smallest absolute Gasteiger partial charge is 0.395 e. The van der Waals surface area contributed by atoms with Crippen LogP contribution in [0.25, 0.3) is 0 Å². The predicted octanol–water partition coefficient (Wildman–Crippen LogP) is 0.892. The number of hydrogen-bond acceptors (Lipinski definition) is 6. The van der Waals surface area contributed by atoms with Gasteiger partial charge in [-0.3, -0.25) is 10.1 Å². The number of amides is 3. The Morgan fingerprint density at radius 3 is 2.74 bits per heavy atom. The molecule has 0 aromatic heterocycles. The predicted molar refractivity (Wildman–Crippen MR) is 74.6 cm³/mol. The first-order valence-electron chi connectivity index (χ1n) is 6.60. The number of nitrogens with one attached hydrogen (secondary N) is 3. The molecule has 1 aromatic rings. The summed E-state index contributed by atoms with van der Waals surface area (Å²) in [5.74, 6) is -0.830. The monoisotopic (exact) mass is 331 g/mol. The summed E-state index contributed by atoms with van der Waals surface area (Å²) in [5.41, 5.74) is 0.361. The van der Waals surface area contributed by atoms with Crippen LogP contribution in [0, 0.1) is 0 Å². The van der Waals surface area contributed by atoms with Gasteiger partial charge in [-0.15, -0.1) is 8.78 Å². The zero-order valence-electron chi connectivity index (χ0n) is 12.2. The number of anilines is 1. The van der Waals surface area contributed by atoms with E-state index in [4.69, 9.17) is 4.74 Å². The SMILES string of the molecule is COCCNC(=O)NC(=O)CNc1ccc2c(c1)OC(F)(F)O2. The Bertz CT molecular complexity index is 597. The van der Waals surface area contributed by atoms with Gasteiger partial charge >= 0.3 is 12.3 Å². The van der Waals surface area contributed by atoms with Gasteiger partial charge in [0, 0.05) is 25.4 Å². The van der Waals surface area contributed by atoms with Crippen LogP contribution in [-0.2, 0) is 9.53 Å². The van der Waals surface area contributed by atoms with Crippen LogP contribution in [0.4, 0.5) is 19.3 Å². The van der Waals surface area contributed by atoms with Gasteiger partial charge in [0.15, 0.2) is 11.5 Å². The van der Waals surface area contributed by atoms with E-state index in [1.165, 1.54) is 25.3 Å². The second kappa shape index (κ2) is 7.09. The number of rotatable bonds is 6. The number of urea groups is 1. The third-order valence-corrected chi connectivity index (χ3v) is 2.70. The first-order chi connectivity index (χ1) is 10.9. The lowest BCUT2D eigenvalue weighted by Crippen LogP contribution is -2.42. The Hall–Kier alpha value is -2.62. The molecule has 1 aliphatic heterocycles. The maximum Gasteiger partial charge on any atom is 0.586 e. The number of hydrogen-bond donors (Lipinski definition) is 3. The number of ether oxygens (including phenoxy) is 3. The van der Waals surface area contributed by atoms with E-state index in [2.05, 4.69) is 25.4 Å². The third kappa shape index (κ3) is 4.95. The molecule has 23 heavy (non-hydrogen) atoms. The number of carbonyl (C=O) groups is 2. The van der Waals surface area contributed by atoms with E-state index in [1.54, 1.807) is 0 Å². The average molecular weight is 331 g/mol. The highest BCUT2D eigenvalue weighted by Gasteiger charge is 2.43.